The van der Waals surface area contributed by atoms with Crippen LogP contribution < -0.4 is 5.32 Å². The van der Waals surface area contributed by atoms with Gasteiger partial charge in [-0.1, -0.05) is 23.7 Å². The number of hydrogen-bond acceptors (Lipinski definition) is 4. The number of methoxy groups -OCH3 is 1. The first-order valence-electron chi connectivity index (χ1n) is 6.70. The number of carbonyl (C=O) groups excluding carboxylic acids is 1. The molecule has 1 rings (SSSR count). The Balaban J connectivity index is 2.56. The summed E-state index contributed by atoms with van der Waals surface area (Å²) in [5.74, 6) is -0.193. The lowest BCUT2D eigenvalue weighted by atomic mass is 10.0. The van der Waals surface area contributed by atoms with E-state index < -0.39 is 0 Å². The van der Waals surface area contributed by atoms with Crippen LogP contribution in [0, 0.1) is 0 Å². The van der Waals surface area contributed by atoms with Crippen molar-refractivity contribution >= 4 is 17.6 Å². The minimum absolute atomic E-state index is 0.0728. The van der Waals surface area contributed by atoms with Gasteiger partial charge < -0.3 is 15.0 Å². The zero-order valence-corrected chi connectivity index (χ0v) is 13.1. The van der Waals surface area contributed by atoms with Crippen LogP contribution >= 0.6 is 11.6 Å². The van der Waals surface area contributed by atoms with E-state index in [1.54, 1.807) is 0 Å². The van der Waals surface area contributed by atoms with Gasteiger partial charge in [-0.05, 0) is 38.2 Å². The van der Waals surface area contributed by atoms with Gasteiger partial charge in [-0.25, -0.2) is 0 Å². The summed E-state index contributed by atoms with van der Waals surface area (Å²) in [6.07, 6.45) is 1.15. The Hall–Kier alpha value is -1.10. The number of benzene rings is 1. The normalized spacial score (nSPS) is 12.4. The van der Waals surface area contributed by atoms with Gasteiger partial charge in [0, 0.05) is 24.2 Å². The molecule has 1 N–H and O–H groups in total. The van der Waals surface area contributed by atoms with Gasteiger partial charge in [0.25, 0.3) is 0 Å². The van der Waals surface area contributed by atoms with Crippen molar-refractivity contribution < 1.29 is 9.53 Å². The van der Waals surface area contributed by atoms with E-state index in [-0.39, 0.29) is 12.0 Å². The average Bonchev–Trinajstić information content (AvgIpc) is 2.40. The van der Waals surface area contributed by atoms with E-state index in [1.807, 2.05) is 38.4 Å². The lowest BCUT2D eigenvalue weighted by Gasteiger charge is -2.19. The first-order valence-corrected chi connectivity index (χ1v) is 7.08. The minimum Gasteiger partial charge on any atom is -0.469 e. The van der Waals surface area contributed by atoms with Crippen molar-refractivity contribution in [2.24, 2.45) is 0 Å². The van der Waals surface area contributed by atoms with E-state index in [2.05, 4.69) is 10.2 Å². The van der Waals surface area contributed by atoms with Crippen molar-refractivity contribution in [1.82, 2.24) is 10.2 Å². The van der Waals surface area contributed by atoms with E-state index in [9.17, 15) is 4.79 Å². The second kappa shape index (κ2) is 8.95. The molecule has 0 saturated carbocycles. The molecular weight excluding hydrogens is 276 g/mol. The van der Waals surface area contributed by atoms with Gasteiger partial charge in [-0.3, -0.25) is 4.79 Å². The van der Waals surface area contributed by atoms with Crippen LogP contribution in [0.2, 0.25) is 5.02 Å². The van der Waals surface area contributed by atoms with Crippen molar-refractivity contribution in [2.75, 3.05) is 34.3 Å². The maximum atomic E-state index is 11.5. The third-order valence-corrected chi connectivity index (χ3v) is 3.28. The van der Waals surface area contributed by atoms with Gasteiger partial charge in [0.1, 0.15) is 0 Å². The van der Waals surface area contributed by atoms with E-state index in [0.29, 0.717) is 6.42 Å². The zero-order chi connectivity index (χ0) is 15.0. The third kappa shape index (κ3) is 6.89. The van der Waals surface area contributed by atoms with Crippen LogP contribution in [-0.4, -0.2) is 51.2 Å². The molecule has 0 heterocycles. The summed E-state index contributed by atoms with van der Waals surface area (Å²) >= 11 is 5.88. The van der Waals surface area contributed by atoms with E-state index in [0.717, 1.165) is 30.1 Å². The van der Waals surface area contributed by atoms with E-state index in [4.69, 9.17) is 16.3 Å². The van der Waals surface area contributed by atoms with Crippen molar-refractivity contribution in [3.8, 4) is 0 Å². The first kappa shape index (κ1) is 17.0. The summed E-state index contributed by atoms with van der Waals surface area (Å²) in [5, 5.41) is 4.13. The van der Waals surface area contributed by atoms with Crippen molar-refractivity contribution in [1.29, 1.82) is 0 Å². The van der Waals surface area contributed by atoms with Gasteiger partial charge in [0.05, 0.1) is 13.5 Å². The average molecular weight is 299 g/mol. The molecule has 1 aromatic carbocycles. The Kier molecular flexibility index (Phi) is 7.59. The third-order valence-electron chi connectivity index (χ3n) is 3.03. The molecule has 1 atom stereocenters. The number of halogens is 1. The predicted molar refractivity (Wildman–Crippen MR) is 82.1 cm³/mol. The lowest BCUT2D eigenvalue weighted by Crippen LogP contribution is -2.38. The highest BCUT2D eigenvalue weighted by Gasteiger charge is 2.14. The second-order valence-electron chi connectivity index (χ2n) is 5.07. The summed E-state index contributed by atoms with van der Waals surface area (Å²) < 4.78 is 4.75. The number of nitrogens with one attached hydrogen (secondary N) is 1. The number of ether oxygens (including phenoxy) is 1. The molecule has 1 unspecified atom stereocenters. The highest BCUT2D eigenvalue weighted by molar-refractivity contribution is 6.30. The molecule has 112 valence electrons. The predicted octanol–water partition coefficient (Wildman–Crippen LogP) is 1.97. The number of rotatable bonds is 8. The fourth-order valence-electron chi connectivity index (χ4n) is 1.90. The molecule has 1 aromatic rings. The van der Waals surface area contributed by atoms with Crippen molar-refractivity contribution in [2.45, 2.75) is 18.9 Å². The standard InChI is InChI=1S/C15H23ClN2O2/c1-18(2)9-8-17-14(11-15(19)20-3)10-12-4-6-13(16)7-5-12/h4-7,14,17H,8-11H2,1-3H3. The number of carbonyl (C=O) groups is 1. The SMILES string of the molecule is COC(=O)CC(Cc1ccc(Cl)cc1)NCCN(C)C. The highest BCUT2D eigenvalue weighted by Crippen LogP contribution is 2.12. The quantitative estimate of drug-likeness (QED) is 0.745. The fourth-order valence-corrected chi connectivity index (χ4v) is 2.02. The lowest BCUT2D eigenvalue weighted by molar-refractivity contribution is -0.141. The summed E-state index contributed by atoms with van der Waals surface area (Å²) in [4.78, 5) is 13.6. The second-order valence-corrected chi connectivity index (χ2v) is 5.50. The molecule has 0 amide bonds. The van der Waals surface area contributed by atoms with Gasteiger partial charge in [0.15, 0.2) is 0 Å². The molecule has 4 nitrogen and oxygen atoms in total. The van der Waals surface area contributed by atoms with Crippen LogP contribution in [0.15, 0.2) is 24.3 Å². The fraction of sp³-hybridized carbons (Fsp3) is 0.533. The highest BCUT2D eigenvalue weighted by atomic mass is 35.5. The molecule has 0 aliphatic rings. The Morgan fingerprint density at radius 3 is 2.55 bits per heavy atom. The van der Waals surface area contributed by atoms with Crippen LogP contribution in [-0.2, 0) is 16.0 Å². The van der Waals surface area contributed by atoms with Crippen LogP contribution in [0.25, 0.3) is 0 Å². The first-order chi connectivity index (χ1) is 9.51. The molecular formula is C15H23ClN2O2. The molecule has 0 radical (unpaired) electrons. The molecule has 0 aliphatic heterocycles. The number of esters is 1. The molecule has 0 bridgehead atoms. The molecule has 5 heteroatoms. The molecule has 20 heavy (non-hydrogen) atoms. The van der Waals surface area contributed by atoms with Crippen LogP contribution in [0.4, 0.5) is 0 Å². The summed E-state index contributed by atoms with van der Waals surface area (Å²) in [7, 11) is 5.47. The van der Waals surface area contributed by atoms with Crippen molar-refractivity contribution in [3.63, 3.8) is 0 Å². The van der Waals surface area contributed by atoms with E-state index >= 15 is 0 Å². The molecule has 0 spiro atoms. The molecule has 0 aliphatic carbocycles. The van der Waals surface area contributed by atoms with Gasteiger partial charge in [-0.2, -0.15) is 0 Å². The minimum atomic E-state index is -0.193. The Morgan fingerprint density at radius 1 is 1.35 bits per heavy atom. The molecule has 0 aromatic heterocycles. The van der Waals surface area contributed by atoms with Crippen molar-refractivity contribution in [3.05, 3.63) is 34.9 Å². The van der Waals surface area contributed by atoms with E-state index in [1.165, 1.54) is 7.11 Å². The van der Waals surface area contributed by atoms with Crippen LogP contribution in [0.1, 0.15) is 12.0 Å². The largest absolute Gasteiger partial charge is 0.469 e. The molecule has 0 fully saturated rings. The molecule has 0 saturated heterocycles. The van der Waals surface area contributed by atoms with Gasteiger partial charge in [0.2, 0.25) is 0 Å². The van der Waals surface area contributed by atoms with Gasteiger partial charge in [-0.15, -0.1) is 0 Å². The van der Waals surface area contributed by atoms with Crippen LogP contribution in [0.5, 0.6) is 0 Å². The monoisotopic (exact) mass is 298 g/mol. The topological polar surface area (TPSA) is 41.6 Å². The number of hydrogen-bond donors (Lipinski definition) is 1. The number of nitrogens with zero attached hydrogens (tertiary/aromatic N) is 1. The summed E-state index contributed by atoms with van der Waals surface area (Å²) in [5.41, 5.74) is 1.15. The Morgan fingerprint density at radius 2 is 2.00 bits per heavy atom. The summed E-state index contributed by atoms with van der Waals surface area (Å²) in [6, 6.07) is 7.78. The summed E-state index contributed by atoms with van der Waals surface area (Å²) in [6.45, 7) is 1.76. The van der Waals surface area contributed by atoms with Crippen LogP contribution in [0.3, 0.4) is 0 Å². The van der Waals surface area contributed by atoms with Gasteiger partial charge >= 0.3 is 5.97 Å². The maximum absolute atomic E-state index is 11.5. The maximum Gasteiger partial charge on any atom is 0.307 e. The number of likely N-dealkylation sites (N-methyl/N-ethyl adjacent to an activating group) is 1. The Labute approximate surface area is 126 Å². The Bertz CT molecular complexity index is 407. The zero-order valence-electron chi connectivity index (χ0n) is 12.4. The smallest absolute Gasteiger partial charge is 0.307 e.